The molecule has 1 rings (SSSR count). The first kappa shape index (κ1) is 12.2. The molecule has 5 nitrogen and oxygen atoms in total. The van der Waals surface area contributed by atoms with E-state index in [0.717, 1.165) is 0 Å². The molecule has 1 atom stereocenters. The molecule has 5 heteroatoms. The molecule has 1 amide bonds. The van der Waals surface area contributed by atoms with Crippen LogP contribution < -0.4 is 5.32 Å². The van der Waals surface area contributed by atoms with Gasteiger partial charge in [-0.05, 0) is 26.0 Å². The highest BCUT2D eigenvalue weighted by molar-refractivity contribution is 5.95. The number of amides is 1. The minimum atomic E-state index is -0.935. The first-order chi connectivity index (χ1) is 7.50. The van der Waals surface area contributed by atoms with E-state index in [4.69, 9.17) is 5.11 Å². The van der Waals surface area contributed by atoms with E-state index in [2.05, 4.69) is 10.3 Å². The number of carbonyl (C=O) groups is 2. The van der Waals surface area contributed by atoms with Crippen LogP contribution in [0.15, 0.2) is 18.3 Å². The van der Waals surface area contributed by atoms with Gasteiger partial charge in [0, 0.05) is 17.9 Å². The zero-order chi connectivity index (χ0) is 12.1. The number of carboxylic acid groups (broad SMARTS) is 1. The molecular formula is C11H14N2O3. The second kappa shape index (κ2) is 5.25. The molecule has 1 aromatic rings. The maximum Gasteiger partial charge on any atom is 0.305 e. The van der Waals surface area contributed by atoms with Gasteiger partial charge in [-0.15, -0.1) is 0 Å². The van der Waals surface area contributed by atoms with Gasteiger partial charge >= 0.3 is 5.97 Å². The lowest BCUT2D eigenvalue weighted by atomic mass is 10.1. The Labute approximate surface area is 93.5 Å². The predicted octanol–water partition coefficient (Wildman–Crippen LogP) is 0.983. The van der Waals surface area contributed by atoms with E-state index in [1.165, 1.54) is 0 Å². The van der Waals surface area contributed by atoms with Gasteiger partial charge in [0.05, 0.1) is 12.0 Å². The van der Waals surface area contributed by atoms with Crippen molar-refractivity contribution in [2.45, 2.75) is 26.3 Å². The van der Waals surface area contributed by atoms with Crippen LogP contribution in [0.2, 0.25) is 0 Å². The van der Waals surface area contributed by atoms with Gasteiger partial charge in [0.2, 0.25) is 0 Å². The maximum absolute atomic E-state index is 11.7. The molecule has 0 fully saturated rings. The molecule has 0 aromatic carbocycles. The Bertz CT molecular complexity index is 404. The normalized spacial score (nSPS) is 11.9. The smallest absolute Gasteiger partial charge is 0.305 e. The topological polar surface area (TPSA) is 79.3 Å². The summed E-state index contributed by atoms with van der Waals surface area (Å²) in [5, 5.41) is 11.2. The molecule has 0 spiro atoms. The Morgan fingerprint density at radius 1 is 1.56 bits per heavy atom. The van der Waals surface area contributed by atoms with Gasteiger partial charge in [-0.1, -0.05) is 0 Å². The SMILES string of the molecule is Cc1ncccc1C(=O)NC(C)CC(=O)O. The molecule has 1 heterocycles. The predicted molar refractivity (Wildman–Crippen MR) is 58.2 cm³/mol. The minimum Gasteiger partial charge on any atom is -0.481 e. The summed E-state index contributed by atoms with van der Waals surface area (Å²) in [5.74, 6) is -1.23. The molecule has 0 saturated carbocycles. The van der Waals surface area contributed by atoms with Crippen LogP contribution in [0.25, 0.3) is 0 Å². The van der Waals surface area contributed by atoms with E-state index in [1.54, 1.807) is 32.2 Å². The molecule has 0 saturated heterocycles. The highest BCUT2D eigenvalue weighted by Gasteiger charge is 2.14. The van der Waals surface area contributed by atoms with E-state index < -0.39 is 12.0 Å². The summed E-state index contributed by atoms with van der Waals surface area (Å²) in [6, 6.07) is 2.93. The van der Waals surface area contributed by atoms with Crippen molar-refractivity contribution < 1.29 is 14.7 Å². The van der Waals surface area contributed by atoms with Crippen molar-refractivity contribution in [3.8, 4) is 0 Å². The van der Waals surface area contributed by atoms with Crippen molar-refractivity contribution in [1.29, 1.82) is 0 Å². The second-order valence-corrected chi connectivity index (χ2v) is 3.61. The largest absolute Gasteiger partial charge is 0.481 e. The van der Waals surface area contributed by atoms with Crippen LogP contribution in [0.4, 0.5) is 0 Å². The van der Waals surface area contributed by atoms with Crippen LogP contribution in [-0.2, 0) is 4.79 Å². The zero-order valence-corrected chi connectivity index (χ0v) is 9.23. The van der Waals surface area contributed by atoms with Gasteiger partial charge in [-0.25, -0.2) is 0 Å². The fourth-order valence-electron chi connectivity index (χ4n) is 1.34. The zero-order valence-electron chi connectivity index (χ0n) is 9.23. The average Bonchev–Trinajstić information content (AvgIpc) is 2.16. The molecule has 1 aromatic heterocycles. The number of pyridine rings is 1. The van der Waals surface area contributed by atoms with E-state index >= 15 is 0 Å². The Morgan fingerprint density at radius 2 is 2.25 bits per heavy atom. The third kappa shape index (κ3) is 3.34. The number of nitrogens with one attached hydrogen (secondary N) is 1. The second-order valence-electron chi connectivity index (χ2n) is 3.61. The lowest BCUT2D eigenvalue weighted by Gasteiger charge is -2.12. The fraction of sp³-hybridized carbons (Fsp3) is 0.364. The van der Waals surface area contributed by atoms with Gasteiger partial charge < -0.3 is 10.4 Å². The molecule has 0 aliphatic rings. The summed E-state index contributed by atoms with van der Waals surface area (Å²) < 4.78 is 0. The van der Waals surface area contributed by atoms with Crippen LogP contribution in [-0.4, -0.2) is 28.0 Å². The van der Waals surface area contributed by atoms with Crippen molar-refractivity contribution in [2.75, 3.05) is 0 Å². The Kier molecular flexibility index (Phi) is 3.99. The number of aliphatic carboxylic acids is 1. The van der Waals surface area contributed by atoms with Crippen molar-refractivity contribution in [3.63, 3.8) is 0 Å². The van der Waals surface area contributed by atoms with Crippen molar-refractivity contribution in [2.24, 2.45) is 0 Å². The third-order valence-corrected chi connectivity index (χ3v) is 2.11. The standard InChI is InChI=1S/C11H14N2O3/c1-7(6-10(14)15)13-11(16)9-4-3-5-12-8(9)2/h3-5,7H,6H2,1-2H3,(H,13,16)(H,14,15). The molecular weight excluding hydrogens is 208 g/mol. The summed E-state index contributed by atoms with van der Waals surface area (Å²) in [5.41, 5.74) is 1.10. The highest BCUT2D eigenvalue weighted by Crippen LogP contribution is 2.04. The van der Waals surface area contributed by atoms with E-state index in [1.807, 2.05) is 0 Å². The molecule has 1 unspecified atom stereocenters. The monoisotopic (exact) mass is 222 g/mol. The van der Waals surface area contributed by atoms with E-state index in [9.17, 15) is 9.59 Å². The molecule has 86 valence electrons. The van der Waals surface area contributed by atoms with Gasteiger partial charge in [0.15, 0.2) is 0 Å². The van der Waals surface area contributed by atoms with E-state index in [0.29, 0.717) is 11.3 Å². The number of aromatic nitrogens is 1. The highest BCUT2D eigenvalue weighted by atomic mass is 16.4. The van der Waals surface area contributed by atoms with Gasteiger partial charge in [-0.2, -0.15) is 0 Å². The van der Waals surface area contributed by atoms with E-state index in [-0.39, 0.29) is 12.3 Å². The Hall–Kier alpha value is -1.91. The van der Waals surface area contributed by atoms with Crippen molar-refractivity contribution in [1.82, 2.24) is 10.3 Å². The van der Waals surface area contributed by atoms with Crippen LogP contribution in [0.1, 0.15) is 29.4 Å². The number of nitrogens with zero attached hydrogens (tertiary/aromatic N) is 1. The fourth-order valence-corrected chi connectivity index (χ4v) is 1.34. The summed E-state index contributed by atoms with van der Waals surface area (Å²) in [6.07, 6.45) is 1.51. The quantitative estimate of drug-likeness (QED) is 0.796. The summed E-state index contributed by atoms with van der Waals surface area (Å²) in [6.45, 7) is 3.38. The van der Waals surface area contributed by atoms with Gasteiger partial charge in [0.1, 0.15) is 0 Å². The Morgan fingerprint density at radius 3 is 2.81 bits per heavy atom. The number of hydrogen-bond acceptors (Lipinski definition) is 3. The number of carboxylic acids is 1. The van der Waals surface area contributed by atoms with Crippen LogP contribution in [0, 0.1) is 6.92 Å². The number of carbonyl (C=O) groups excluding carboxylic acids is 1. The number of hydrogen-bond donors (Lipinski definition) is 2. The summed E-state index contributed by atoms with van der Waals surface area (Å²) >= 11 is 0. The van der Waals surface area contributed by atoms with Gasteiger partial charge in [-0.3, -0.25) is 14.6 Å². The lowest BCUT2D eigenvalue weighted by molar-refractivity contribution is -0.137. The molecule has 0 aliphatic heterocycles. The number of aryl methyl sites for hydroxylation is 1. The number of rotatable bonds is 4. The van der Waals surface area contributed by atoms with Gasteiger partial charge in [0.25, 0.3) is 5.91 Å². The van der Waals surface area contributed by atoms with Crippen molar-refractivity contribution >= 4 is 11.9 Å². The summed E-state index contributed by atoms with van der Waals surface area (Å²) in [4.78, 5) is 26.1. The van der Waals surface area contributed by atoms with Crippen LogP contribution >= 0.6 is 0 Å². The molecule has 0 aliphatic carbocycles. The maximum atomic E-state index is 11.7. The first-order valence-corrected chi connectivity index (χ1v) is 4.95. The summed E-state index contributed by atoms with van der Waals surface area (Å²) in [7, 11) is 0. The Balaban J connectivity index is 2.66. The van der Waals surface area contributed by atoms with Crippen molar-refractivity contribution in [3.05, 3.63) is 29.6 Å². The first-order valence-electron chi connectivity index (χ1n) is 4.95. The lowest BCUT2D eigenvalue weighted by Crippen LogP contribution is -2.34. The molecule has 2 N–H and O–H groups in total. The molecule has 0 bridgehead atoms. The van der Waals surface area contributed by atoms with Crippen LogP contribution in [0.3, 0.4) is 0 Å². The molecule has 0 radical (unpaired) electrons. The molecule has 16 heavy (non-hydrogen) atoms. The van der Waals surface area contributed by atoms with Crippen LogP contribution in [0.5, 0.6) is 0 Å². The minimum absolute atomic E-state index is 0.0922. The average molecular weight is 222 g/mol. The third-order valence-electron chi connectivity index (χ3n) is 2.11.